The summed E-state index contributed by atoms with van der Waals surface area (Å²) in [5.41, 5.74) is 3.08. The molecule has 1 aromatic heterocycles. The summed E-state index contributed by atoms with van der Waals surface area (Å²) in [6, 6.07) is 0. The Morgan fingerprint density at radius 2 is 2.00 bits per heavy atom. The summed E-state index contributed by atoms with van der Waals surface area (Å²) >= 11 is 0. The van der Waals surface area contributed by atoms with E-state index in [1.54, 1.807) is 0 Å². The molecule has 1 aliphatic carbocycles. The number of amides is 1. The third kappa shape index (κ3) is 2.88. The molecule has 114 valence electrons. The highest BCUT2D eigenvalue weighted by Gasteiger charge is 2.27. The number of carbonyl (C=O) groups excluding carboxylic acids is 2. The summed E-state index contributed by atoms with van der Waals surface area (Å²) in [5.74, 6) is 0.0920. The molecular formula is C16H23N3O2. The highest BCUT2D eigenvalue weighted by Crippen LogP contribution is 2.26. The van der Waals surface area contributed by atoms with Gasteiger partial charge in [0.1, 0.15) is 0 Å². The summed E-state index contributed by atoms with van der Waals surface area (Å²) < 4.78 is 0. The van der Waals surface area contributed by atoms with Crippen LogP contribution in [0.4, 0.5) is 0 Å². The summed E-state index contributed by atoms with van der Waals surface area (Å²) in [5, 5.41) is 3.01. The number of aryl methyl sites for hydroxylation is 1. The second-order valence-electron chi connectivity index (χ2n) is 6.06. The molecule has 0 spiro atoms. The van der Waals surface area contributed by atoms with Gasteiger partial charge in [-0.3, -0.25) is 9.59 Å². The molecule has 2 N–H and O–H groups in total. The molecule has 0 saturated carbocycles. The van der Waals surface area contributed by atoms with Crippen molar-refractivity contribution in [3.05, 3.63) is 22.5 Å². The van der Waals surface area contributed by atoms with E-state index >= 15 is 0 Å². The molecule has 1 saturated heterocycles. The Labute approximate surface area is 125 Å². The standard InChI is InChI=1S/C16H23N3O2/c1-11-14(12-5-4-6-13(20)15(12)18-11)16(21)17-7-10-19-8-2-3-9-19/h18H,2-10H2,1H3,(H,17,21). The minimum absolute atomic E-state index is 0.0427. The quantitative estimate of drug-likeness (QED) is 0.886. The van der Waals surface area contributed by atoms with Gasteiger partial charge in [-0.05, 0) is 51.3 Å². The molecule has 21 heavy (non-hydrogen) atoms. The first-order chi connectivity index (χ1) is 10.2. The SMILES string of the molecule is Cc1[nH]c2c(c1C(=O)NCCN1CCCC1)CCCC2=O. The van der Waals surface area contributed by atoms with E-state index in [1.165, 1.54) is 12.8 Å². The van der Waals surface area contributed by atoms with E-state index in [-0.39, 0.29) is 11.7 Å². The number of Topliss-reactive ketones (excluding diaryl/α,β-unsaturated/α-hetero) is 1. The summed E-state index contributed by atoms with van der Waals surface area (Å²) in [6.45, 7) is 5.75. The van der Waals surface area contributed by atoms with Crippen molar-refractivity contribution in [1.82, 2.24) is 15.2 Å². The van der Waals surface area contributed by atoms with Crippen molar-refractivity contribution >= 4 is 11.7 Å². The van der Waals surface area contributed by atoms with E-state index in [0.717, 1.165) is 43.7 Å². The van der Waals surface area contributed by atoms with Gasteiger partial charge in [0.15, 0.2) is 5.78 Å². The Morgan fingerprint density at radius 1 is 1.24 bits per heavy atom. The number of likely N-dealkylation sites (tertiary alicyclic amines) is 1. The van der Waals surface area contributed by atoms with E-state index in [1.807, 2.05) is 6.92 Å². The van der Waals surface area contributed by atoms with Crippen LogP contribution in [0, 0.1) is 6.92 Å². The fourth-order valence-corrected chi connectivity index (χ4v) is 3.45. The van der Waals surface area contributed by atoms with Gasteiger partial charge >= 0.3 is 0 Å². The van der Waals surface area contributed by atoms with Crippen molar-refractivity contribution in [3.8, 4) is 0 Å². The number of nitrogens with one attached hydrogen (secondary N) is 2. The van der Waals surface area contributed by atoms with E-state index in [4.69, 9.17) is 0 Å². The number of hydrogen-bond acceptors (Lipinski definition) is 3. The van der Waals surface area contributed by atoms with Crippen LogP contribution in [-0.4, -0.2) is 47.8 Å². The van der Waals surface area contributed by atoms with Gasteiger partial charge in [0.05, 0.1) is 11.3 Å². The lowest BCUT2D eigenvalue weighted by Gasteiger charge is -2.15. The van der Waals surface area contributed by atoms with Gasteiger partial charge in [0.25, 0.3) is 5.91 Å². The van der Waals surface area contributed by atoms with E-state index < -0.39 is 0 Å². The average Bonchev–Trinajstić information content (AvgIpc) is 3.06. The number of fused-ring (bicyclic) bond motifs is 1. The maximum atomic E-state index is 12.4. The van der Waals surface area contributed by atoms with Gasteiger partial charge in [-0.25, -0.2) is 0 Å². The number of aromatic amines is 1. The van der Waals surface area contributed by atoms with Crippen molar-refractivity contribution in [2.45, 2.75) is 39.0 Å². The van der Waals surface area contributed by atoms with Crippen molar-refractivity contribution in [3.63, 3.8) is 0 Å². The lowest BCUT2D eigenvalue weighted by Crippen LogP contribution is -2.34. The van der Waals surface area contributed by atoms with E-state index in [2.05, 4.69) is 15.2 Å². The van der Waals surface area contributed by atoms with Crippen LogP contribution in [-0.2, 0) is 6.42 Å². The smallest absolute Gasteiger partial charge is 0.253 e. The molecule has 1 amide bonds. The Morgan fingerprint density at radius 3 is 2.76 bits per heavy atom. The first-order valence-corrected chi connectivity index (χ1v) is 7.92. The molecule has 0 unspecified atom stereocenters. The molecule has 5 heteroatoms. The third-order valence-electron chi connectivity index (χ3n) is 4.54. The molecule has 0 atom stereocenters. The maximum absolute atomic E-state index is 12.4. The minimum Gasteiger partial charge on any atom is -0.355 e. The maximum Gasteiger partial charge on any atom is 0.253 e. The van der Waals surface area contributed by atoms with Crippen LogP contribution in [0.3, 0.4) is 0 Å². The number of ketones is 1. The third-order valence-corrected chi connectivity index (χ3v) is 4.54. The molecule has 0 radical (unpaired) electrons. The second kappa shape index (κ2) is 6.02. The molecule has 1 aromatic rings. The fraction of sp³-hybridized carbons (Fsp3) is 0.625. The highest BCUT2D eigenvalue weighted by molar-refractivity contribution is 6.04. The topological polar surface area (TPSA) is 65.2 Å². The number of carbonyl (C=O) groups is 2. The van der Waals surface area contributed by atoms with Crippen molar-refractivity contribution in [2.75, 3.05) is 26.2 Å². The van der Waals surface area contributed by atoms with Gasteiger partial charge in [-0.1, -0.05) is 0 Å². The van der Waals surface area contributed by atoms with Gasteiger partial charge in [-0.15, -0.1) is 0 Å². The Hall–Kier alpha value is -1.62. The Kier molecular flexibility index (Phi) is 4.10. The van der Waals surface area contributed by atoms with Crippen LogP contribution in [0.15, 0.2) is 0 Å². The fourth-order valence-electron chi connectivity index (χ4n) is 3.45. The molecule has 5 nitrogen and oxygen atoms in total. The van der Waals surface area contributed by atoms with Crippen LogP contribution in [0.25, 0.3) is 0 Å². The first kappa shape index (κ1) is 14.3. The summed E-state index contributed by atoms with van der Waals surface area (Å²) in [4.78, 5) is 29.8. The molecule has 0 aromatic carbocycles. The largest absolute Gasteiger partial charge is 0.355 e. The lowest BCUT2D eigenvalue weighted by atomic mass is 9.93. The van der Waals surface area contributed by atoms with Crippen LogP contribution in [0.2, 0.25) is 0 Å². The molecule has 0 bridgehead atoms. The number of H-pyrrole nitrogens is 1. The zero-order valence-electron chi connectivity index (χ0n) is 12.6. The van der Waals surface area contributed by atoms with Crippen LogP contribution in [0.1, 0.15) is 57.8 Å². The minimum atomic E-state index is -0.0427. The molecular weight excluding hydrogens is 266 g/mol. The number of aromatic nitrogens is 1. The van der Waals surface area contributed by atoms with Gasteiger partial charge in [0, 0.05) is 25.2 Å². The van der Waals surface area contributed by atoms with E-state index in [0.29, 0.717) is 24.2 Å². The number of hydrogen-bond donors (Lipinski definition) is 2. The second-order valence-corrected chi connectivity index (χ2v) is 6.06. The normalized spacial score (nSPS) is 18.8. The summed E-state index contributed by atoms with van der Waals surface area (Å²) in [7, 11) is 0. The lowest BCUT2D eigenvalue weighted by molar-refractivity contribution is 0.0948. The van der Waals surface area contributed by atoms with Crippen LogP contribution < -0.4 is 5.32 Å². The van der Waals surface area contributed by atoms with Crippen molar-refractivity contribution < 1.29 is 9.59 Å². The zero-order chi connectivity index (χ0) is 14.8. The molecule has 1 aliphatic heterocycles. The van der Waals surface area contributed by atoms with E-state index in [9.17, 15) is 9.59 Å². The Bertz CT molecular complexity index is 556. The van der Waals surface area contributed by atoms with Gasteiger partial charge in [0.2, 0.25) is 0 Å². The first-order valence-electron chi connectivity index (χ1n) is 7.92. The van der Waals surface area contributed by atoms with Crippen LogP contribution in [0.5, 0.6) is 0 Å². The highest BCUT2D eigenvalue weighted by atomic mass is 16.1. The number of nitrogens with zero attached hydrogens (tertiary/aromatic N) is 1. The predicted molar refractivity (Wildman–Crippen MR) is 80.8 cm³/mol. The van der Waals surface area contributed by atoms with Crippen molar-refractivity contribution in [2.24, 2.45) is 0 Å². The Balaban J connectivity index is 1.65. The average molecular weight is 289 g/mol. The molecule has 1 fully saturated rings. The van der Waals surface area contributed by atoms with Crippen molar-refractivity contribution in [1.29, 1.82) is 0 Å². The molecule has 2 heterocycles. The predicted octanol–water partition coefficient (Wildman–Crippen LogP) is 1.67. The zero-order valence-corrected chi connectivity index (χ0v) is 12.6. The number of rotatable bonds is 4. The summed E-state index contributed by atoms with van der Waals surface area (Å²) in [6.07, 6.45) is 4.78. The monoisotopic (exact) mass is 289 g/mol. The molecule has 3 rings (SSSR count). The van der Waals surface area contributed by atoms with Gasteiger partial charge in [-0.2, -0.15) is 0 Å². The molecule has 2 aliphatic rings. The van der Waals surface area contributed by atoms with Gasteiger partial charge < -0.3 is 15.2 Å². The van der Waals surface area contributed by atoms with Crippen LogP contribution >= 0.6 is 0 Å².